The van der Waals surface area contributed by atoms with Gasteiger partial charge in [-0.05, 0) is 20.8 Å². The minimum atomic E-state index is -0.228. The third kappa shape index (κ3) is 5.04. The van der Waals surface area contributed by atoms with Gasteiger partial charge in [0.15, 0.2) is 0 Å². The molecule has 2 amide bonds. The van der Waals surface area contributed by atoms with Gasteiger partial charge >= 0.3 is 6.03 Å². The molecule has 138 valence electrons. The highest BCUT2D eigenvalue weighted by Crippen LogP contribution is 2.28. The van der Waals surface area contributed by atoms with Crippen molar-refractivity contribution in [2.24, 2.45) is 0 Å². The number of nitrogens with zero attached hydrogens (tertiary/aromatic N) is 3. The molecule has 0 aliphatic heterocycles. The predicted molar refractivity (Wildman–Crippen MR) is 103 cm³/mol. The number of aromatic nitrogens is 3. The van der Waals surface area contributed by atoms with Crippen LogP contribution in [0.1, 0.15) is 65.1 Å². The van der Waals surface area contributed by atoms with Gasteiger partial charge in [-0.3, -0.25) is 5.32 Å². The van der Waals surface area contributed by atoms with Gasteiger partial charge in [-0.25, -0.2) is 14.5 Å². The first-order valence-corrected chi connectivity index (χ1v) is 9.41. The van der Waals surface area contributed by atoms with Crippen LogP contribution in [0.5, 0.6) is 0 Å². The number of hydrogen-bond donors (Lipinski definition) is 2. The lowest BCUT2D eigenvalue weighted by Gasteiger charge is -2.23. The highest BCUT2D eigenvalue weighted by Gasteiger charge is 2.25. The van der Waals surface area contributed by atoms with Crippen molar-refractivity contribution in [2.45, 2.75) is 65.3 Å². The van der Waals surface area contributed by atoms with Crippen molar-refractivity contribution < 1.29 is 4.79 Å². The summed E-state index contributed by atoms with van der Waals surface area (Å²) in [6.07, 6.45) is 1.78. The molecule has 2 aromatic rings. The maximum Gasteiger partial charge on any atom is 0.320 e. The van der Waals surface area contributed by atoms with Crippen LogP contribution in [0.4, 0.5) is 10.6 Å². The zero-order valence-corrected chi connectivity index (χ0v) is 17.0. The van der Waals surface area contributed by atoms with Crippen molar-refractivity contribution >= 4 is 23.2 Å². The summed E-state index contributed by atoms with van der Waals surface area (Å²) in [5, 5.41) is 13.5. The SMILES string of the molecule is CC(CNC(=O)Nc1cc(C(C)(C)C)nn1C(C)(C)C)c1nccs1. The van der Waals surface area contributed by atoms with Crippen molar-refractivity contribution in [3.8, 4) is 0 Å². The molecule has 0 saturated carbocycles. The molecule has 0 aliphatic rings. The molecule has 0 saturated heterocycles. The Kier molecular flexibility index (Phi) is 5.56. The standard InChI is InChI=1S/C18H29N5OS/c1-12(15-19-8-9-25-15)11-20-16(24)21-14-10-13(17(2,3)4)22-23(14)18(5,6)7/h8-10,12H,11H2,1-7H3,(H2,20,21,24). The van der Waals surface area contributed by atoms with Gasteiger partial charge in [-0.2, -0.15) is 5.10 Å². The average molecular weight is 364 g/mol. The number of hydrogen-bond acceptors (Lipinski definition) is 4. The molecule has 0 spiro atoms. The molecular formula is C18H29N5OS. The quantitative estimate of drug-likeness (QED) is 0.850. The molecule has 1 atom stereocenters. The van der Waals surface area contributed by atoms with E-state index in [1.165, 1.54) is 0 Å². The molecule has 2 N–H and O–H groups in total. The van der Waals surface area contributed by atoms with E-state index in [-0.39, 0.29) is 22.9 Å². The summed E-state index contributed by atoms with van der Waals surface area (Å²) >= 11 is 1.60. The van der Waals surface area contributed by atoms with E-state index in [1.54, 1.807) is 17.5 Å². The van der Waals surface area contributed by atoms with Crippen molar-refractivity contribution in [1.29, 1.82) is 0 Å². The maximum absolute atomic E-state index is 12.3. The molecule has 1 unspecified atom stereocenters. The van der Waals surface area contributed by atoms with Crippen LogP contribution in [0.15, 0.2) is 17.6 Å². The fourth-order valence-electron chi connectivity index (χ4n) is 2.32. The summed E-state index contributed by atoms with van der Waals surface area (Å²) in [5.74, 6) is 0.889. The van der Waals surface area contributed by atoms with E-state index in [4.69, 9.17) is 5.10 Å². The fraction of sp³-hybridized carbons (Fsp3) is 0.611. The third-order valence-electron chi connectivity index (χ3n) is 3.80. The Balaban J connectivity index is 2.08. The van der Waals surface area contributed by atoms with Gasteiger partial charge in [0.2, 0.25) is 0 Å². The Labute approximate surface area is 154 Å². The van der Waals surface area contributed by atoms with E-state index in [2.05, 4.69) is 64.1 Å². The zero-order chi connectivity index (χ0) is 18.8. The van der Waals surface area contributed by atoms with Gasteiger partial charge in [0, 0.05) is 35.5 Å². The normalized spacial score (nSPS) is 13.6. The number of nitrogens with one attached hydrogen (secondary N) is 2. The van der Waals surface area contributed by atoms with E-state index in [0.717, 1.165) is 10.7 Å². The maximum atomic E-state index is 12.3. The number of anilines is 1. The van der Waals surface area contributed by atoms with Crippen LogP contribution in [0, 0.1) is 0 Å². The molecule has 25 heavy (non-hydrogen) atoms. The smallest absolute Gasteiger partial charge is 0.320 e. The van der Waals surface area contributed by atoms with Gasteiger partial charge in [0.1, 0.15) is 5.82 Å². The van der Waals surface area contributed by atoms with Gasteiger partial charge in [-0.1, -0.05) is 27.7 Å². The molecule has 7 heteroatoms. The molecule has 2 rings (SSSR count). The van der Waals surface area contributed by atoms with Crippen LogP contribution in [0.2, 0.25) is 0 Å². The second-order valence-electron chi connectivity index (χ2n) is 8.35. The molecule has 0 aliphatic carbocycles. The first-order chi connectivity index (χ1) is 11.5. The second kappa shape index (κ2) is 7.15. The highest BCUT2D eigenvalue weighted by atomic mass is 32.1. The molecule has 0 aromatic carbocycles. The molecule has 2 aromatic heterocycles. The fourth-order valence-corrected chi connectivity index (χ4v) is 3.02. The summed E-state index contributed by atoms with van der Waals surface area (Å²) in [5.41, 5.74) is 0.650. The molecular weight excluding hydrogens is 334 g/mol. The summed E-state index contributed by atoms with van der Waals surface area (Å²) in [4.78, 5) is 16.6. The number of amides is 2. The number of carbonyl (C=O) groups is 1. The Bertz CT molecular complexity index is 707. The minimum absolute atomic E-state index is 0.0806. The Morgan fingerprint density at radius 1 is 1.28 bits per heavy atom. The molecule has 6 nitrogen and oxygen atoms in total. The summed E-state index contributed by atoms with van der Waals surface area (Å²) in [7, 11) is 0. The van der Waals surface area contributed by atoms with Crippen molar-refractivity contribution in [1.82, 2.24) is 20.1 Å². The Morgan fingerprint density at radius 2 is 1.96 bits per heavy atom. The highest BCUT2D eigenvalue weighted by molar-refractivity contribution is 7.09. The van der Waals surface area contributed by atoms with E-state index in [1.807, 2.05) is 16.1 Å². The van der Waals surface area contributed by atoms with E-state index in [9.17, 15) is 4.79 Å². The first kappa shape index (κ1) is 19.4. The average Bonchev–Trinajstić information content (AvgIpc) is 3.12. The second-order valence-corrected chi connectivity index (χ2v) is 9.28. The minimum Gasteiger partial charge on any atom is -0.337 e. The number of carbonyl (C=O) groups excluding carboxylic acids is 1. The topological polar surface area (TPSA) is 71.8 Å². The molecule has 0 radical (unpaired) electrons. The molecule has 0 fully saturated rings. The Morgan fingerprint density at radius 3 is 2.48 bits per heavy atom. The van der Waals surface area contributed by atoms with E-state index in [0.29, 0.717) is 12.4 Å². The van der Waals surface area contributed by atoms with Crippen molar-refractivity contribution in [3.05, 3.63) is 28.3 Å². The lowest BCUT2D eigenvalue weighted by atomic mass is 9.92. The molecule has 2 heterocycles. The van der Waals surface area contributed by atoms with Crippen LogP contribution < -0.4 is 10.6 Å². The number of rotatable bonds is 4. The predicted octanol–water partition coefficient (Wildman–Crippen LogP) is 4.32. The monoisotopic (exact) mass is 363 g/mol. The molecule has 0 bridgehead atoms. The first-order valence-electron chi connectivity index (χ1n) is 8.54. The van der Waals surface area contributed by atoms with Gasteiger partial charge in [-0.15, -0.1) is 11.3 Å². The zero-order valence-electron chi connectivity index (χ0n) is 16.2. The van der Waals surface area contributed by atoms with Crippen molar-refractivity contribution in [3.63, 3.8) is 0 Å². The van der Waals surface area contributed by atoms with Crippen LogP contribution in [-0.4, -0.2) is 27.3 Å². The Hall–Kier alpha value is -1.89. The van der Waals surface area contributed by atoms with Crippen LogP contribution in [0.3, 0.4) is 0 Å². The summed E-state index contributed by atoms with van der Waals surface area (Å²) in [6.45, 7) is 15.1. The van der Waals surface area contributed by atoms with Crippen LogP contribution in [0.25, 0.3) is 0 Å². The van der Waals surface area contributed by atoms with Crippen LogP contribution >= 0.6 is 11.3 Å². The summed E-state index contributed by atoms with van der Waals surface area (Å²) < 4.78 is 1.87. The van der Waals surface area contributed by atoms with Crippen LogP contribution in [-0.2, 0) is 11.0 Å². The summed E-state index contributed by atoms with van der Waals surface area (Å²) in [6, 6.07) is 1.73. The van der Waals surface area contributed by atoms with E-state index < -0.39 is 0 Å². The third-order valence-corrected chi connectivity index (χ3v) is 4.80. The van der Waals surface area contributed by atoms with Gasteiger partial charge in [0.05, 0.1) is 16.2 Å². The van der Waals surface area contributed by atoms with Gasteiger partial charge in [0.25, 0.3) is 0 Å². The van der Waals surface area contributed by atoms with Gasteiger partial charge < -0.3 is 5.32 Å². The lowest BCUT2D eigenvalue weighted by molar-refractivity contribution is 0.251. The number of thiazole rings is 1. The largest absolute Gasteiger partial charge is 0.337 e. The van der Waals surface area contributed by atoms with Crippen molar-refractivity contribution in [2.75, 3.05) is 11.9 Å². The number of urea groups is 1. The lowest BCUT2D eigenvalue weighted by Crippen LogP contribution is -2.34. The van der Waals surface area contributed by atoms with E-state index >= 15 is 0 Å².